The molecule has 2 rings (SSSR count). The lowest BCUT2D eigenvalue weighted by Crippen LogP contribution is -2.23. The smallest absolute Gasteiger partial charge is 0.0915 e. The van der Waals surface area contributed by atoms with Crippen LogP contribution in [0.3, 0.4) is 0 Å². The van der Waals surface area contributed by atoms with E-state index in [0.29, 0.717) is 23.3 Å². The number of hydrogen-bond acceptors (Lipinski definition) is 3. The molecule has 0 radical (unpaired) electrons. The number of nitrogen functional groups attached to an aromatic ring is 1. The summed E-state index contributed by atoms with van der Waals surface area (Å²) in [6.45, 7) is 0.553. The van der Waals surface area contributed by atoms with E-state index in [1.807, 2.05) is 0 Å². The van der Waals surface area contributed by atoms with Crippen molar-refractivity contribution >= 4 is 45.6 Å². The Morgan fingerprint density at radius 3 is 2.71 bits per heavy atom. The second kappa shape index (κ2) is 6.25. The second-order valence-electron chi connectivity index (χ2n) is 4.10. The number of nitrogens with one attached hydrogen (secondary N) is 1. The minimum absolute atomic E-state index is 0. The summed E-state index contributed by atoms with van der Waals surface area (Å²) in [7, 11) is 0. The van der Waals surface area contributed by atoms with Gasteiger partial charge in [0.2, 0.25) is 0 Å². The standard InChI is InChI=1S/C11H14BrClN2O.ClH/c12-8-3-6(4-9(13)11(8)14)10(16)5-15-7-1-2-7;/h3-4,7,10,15-16H,1-2,5,14H2;1H. The number of aliphatic hydroxyl groups is 1. The van der Waals surface area contributed by atoms with Crippen molar-refractivity contribution in [2.75, 3.05) is 12.3 Å². The number of halogens is 3. The quantitative estimate of drug-likeness (QED) is 0.738. The lowest BCUT2D eigenvalue weighted by molar-refractivity contribution is 0.174. The van der Waals surface area contributed by atoms with Gasteiger partial charge in [-0.05, 0) is 46.5 Å². The van der Waals surface area contributed by atoms with E-state index in [-0.39, 0.29) is 12.4 Å². The maximum atomic E-state index is 9.95. The van der Waals surface area contributed by atoms with Crippen LogP contribution in [0.2, 0.25) is 5.02 Å². The van der Waals surface area contributed by atoms with Crippen LogP contribution in [-0.4, -0.2) is 17.7 Å². The molecule has 1 unspecified atom stereocenters. The summed E-state index contributed by atoms with van der Waals surface area (Å²) < 4.78 is 0.723. The molecule has 1 saturated carbocycles. The normalized spacial score (nSPS) is 16.4. The highest BCUT2D eigenvalue weighted by Crippen LogP contribution is 2.31. The molecule has 0 aliphatic heterocycles. The van der Waals surface area contributed by atoms with Crippen molar-refractivity contribution in [3.8, 4) is 0 Å². The molecule has 0 saturated heterocycles. The van der Waals surface area contributed by atoms with Gasteiger partial charge in [-0.3, -0.25) is 0 Å². The number of nitrogens with two attached hydrogens (primary N) is 1. The van der Waals surface area contributed by atoms with E-state index in [0.717, 1.165) is 10.0 Å². The molecule has 6 heteroatoms. The lowest BCUT2D eigenvalue weighted by atomic mass is 10.1. The molecular weight excluding hydrogens is 327 g/mol. The van der Waals surface area contributed by atoms with Gasteiger partial charge < -0.3 is 16.2 Å². The molecule has 1 aliphatic rings. The Balaban J connectivity index is 0.00000144. The van der Waals surface area contributed by atoms with E-state index in [2.05, 4.69) is 21.2 Å². The van der Waals surface area contributed by atoms with Gasteiger partial charge in [0.1, 0.15) is 0 Å². The minimum Gasteiger partial charge on any atom is -0.397 e. The maximum Gasteiger partial charge on any atom is 0.0915 e. The first-order valence-electron chi connectivity index (χ1n) is 5.24. The molecule has 1 aromatic carbocycles. The Bertz CT molecular complexity index is 376. The van der Waals surface area contributed by atoms with Gasteiger partial charge in [-0.25, -0.2) is 0 Å². The SMILES string of the molecule is Cl.Nc1c(Cl)cc(C(O)CNC2CC2)cc1Br. The van der Waals surface area contributed by atoms with Crippen molar-refractivity contribution in [3.05, 3.63) is 27.2 Å². The summed E-state index contributed by atoms with van der Waals surface area (Å²) in [4.78, 5) is 0. The van der Waals surface area contributed by atoms with Crippen LogP contribution in [0.4, 0.5) is 5.69 Å². The number of benzene rings is 1. The monoisotopic (exact) mass is 340 g/mol. The molecule has 17 heavy (non-hydrogen) atoms. The second-order valence-corrected chi connectivity index (χ2v) is 5.36. The summed E-state index contributed by atoms with van der Waals surface area (Å²) in [5.74, 6) is 0. The predicted molar refractivity (Wildman–Crippen MR) is 76.8 cm³/mol. The van der Waals surface area contributed by atoms with Crippen LogP contribution >= 0.6 is 39.9 Å². The summed E-state index contributed by atoms with van der Waals surface area (Å²) in [6.07, 6.45) is 1.87. The van der Waals surface area contributed by atoms with Crippen LogP contribution in [-0.2, 0) is 0 Å². The van der Waals surface area contributed by atoms with Crippen LogP contribution < -0.4 is 11.1 Å². The molecule has 0 amide bonds. The fourth-order valence-electron chi connectivity index (χ4n) is 1.48. The Morgan fingerprint density at radius 1 is 1.53 bits per heavy atom. The van der Waals surface area contributed by atoms with E-state index in [1.165, 1.54) is 12.8 Å². The van der Waals surface area contributed by atoms with Crippen LogP contribution in [0.25, 0.3) is 0 Å². The number of hydrogen-bond donors (Lipinski definition) is 3. The first-order chi connectivity index (χ1) is 7.58. The van der Waals surface area contributed by atoms with Crippen molar-refractivity contribution in [3.63, 3.8) is 0 Å². The topological polar surface area (TPSA) is 58.3 Å². The third-order valence-electron chi connectivity index (χ3n) is 2.66. The molecule has 1 aliphatic carbocycles. The lowest BCUT2D eigenvalue weighted by Gasteiger charge is -2.13. The molecule has 3 nitrogen and oxygen atoms in total. The summed E-state index contributed by atoms with van der Waals surface area (Å²) >= 11 is 9.27. The van der Waals surface area contributed by atoms with Gasteiger partial charge in [0.25, 0.3) is 0 Å². The van der Waals surface area contributed by atoms with Crippen molar-refractivity contribution in [2.45, 2.75) is 25.0 Å². The fraction of sp³-hybridized carbons (Fsp3) is 0.455. The molecule has 4 N–H and O–H groups in total. The summed E-state index contributed by atoms with van der Waals surface area (Å²) in [6, 6.07) is 4.10. The van der Waals surface area contributed by atoms with Gasteiger partial charge >= 0.3 is 0 Å². The van der Waals surface area contributed by atoms with E-state index < -0.39 is 6.10 Å². The molecule has 1 fully saturated rings. The number of rotatable bonds is 4. The van der Waals surface area contributed by atoms with E-state index >= 15 is 0 Å². The maximum absolute atomic E-state index is 9.95. The molecular formula is C11H15BrCl2N2O. The van der Waals surface area contributed by atoms with Crippen molar-refractivity contribution < 1.29 is 5.11 Å². The van der Waals surface area contributed by atoms with Crippen LogP contribution in [0.15, 0.2) is 16.6 Å². The molecule has 1 atom stereocenters. The average Bonchev–Trinajstić information content (AvgIpc) is 3.05. The molecule has 96 valence electrons. The van der Waals surface area contributed by atoms with Crippen LogP contribution in [0, 0.1) is 0 Å². The Kier molecular flexibility index (Phi) is 5.54. The highest BCUT2D eigenvalue weighted by molar-refractivity contribution is 9.10. The summed E-state index contributed by atoms with van der Waals surface area (Å²) in [5.41, 5.74) is 6.99. The minimum atomic E-state index is -0.546. The van der Waals surface area contributed by atoms with Crippen molar-refractivity contribution in [2.24, 2.45) is 0 Å². The van der Waals surface area contributed by atoms with Gasteiger partial charge in [-0.15, -0.1) is 12.4 Å². The zero-order chi connectivity index (χ0) is 11.7. The Morgan fingerprint density at radius 2 is 2.18 bits per heavy atom. The number of anilines is 1. The van der Waals surface area contributed by atoms with Crippen molar-refractivity contribution in [1.29, 1.82) is 0 Å². The Labute approximate surface area is 120 Å². The zero-order valence-electron chi connectivity index (χ0n) is 9.12. The molecule has 0 heterocycles. The highest BCUT2D eigenvalue weighted by Gasteiger charge is 2.22. The largest absolute Gasteiger partial charge is 0.397 e. The van der Waals surface area contributed by atoms with Crippen LogP contribution in [0.5, 0.6) is 0 Å². The molecule has 0 bridgehead atoms. The number of aliphatic hydroxyl groups excluding tert-OH is 1. The van der Waals surface area contributed by atoms with E-state index in [4.69, 9.17) is 17.3 Å². The Hall–Kier alpha value is -0.000000000000000111. The third kappa shape index (κ3) is 4.00. The first-order valence-corrected chi connectivity index (χ1v) is 6.41. The van der Waals surface area contributed by atoms with Gasteiger partial charge in [0.15, 0.2) is 0 Å². The van der Waals surface area contributed by atoms with E-state index in [9.17, 15) is 5.11 Å². The van der Waals surface area contributed by atoms with Gasteiger partial charge in [-0.2, -0.15) is 0 Å². The summed E-state index contributed by atoms with van der Waals surface area (Å²) in [5, 5.41) is 13.7. The van der Waals surface area contributed by atoms with Gasteiger partial charge in [-0.1, -0.05) is 11.6 Å². The molecule has 0 spiro atoms. The fourth-order valence-corrected chi connectivity index (χ4v) is 2.30. The van der Waals surface area contributed by atoms with E-state index in [1.54, 1.807) is 12.1 Å². The third-order valence-corrected chi connectivity index (χ3v) is 3.63. The molecule has 1 aromatic rings. The van der Waals surface area contributed by atoms with Crippen LogP contribution in [0.1, 0.15) is 24.5 Å². The predicted octanol–water partition coefficient (Wildman–Crippen LogP) is 2.89. The van der Waals surface area contributed by atoms with Gasteiger partial charge in [0, 0.05) is 17.1 Å². The zero-order valence-corrected chi connectivity index (χ0v) is 12.3. The van der Waals surface area contributed by atoms with Crippen molar-refractivity contribution in [1.82, 2.24) is 5.32 Å². The highest BCUT2D eigenvalue weighted by atomic mass is 79.9. The first kappa shape index (κ1) is 15.1. The average molecular weight is 342 g/mol. The molecule has 0 aromatic heterocycles. The van der Waals surface area contributed by atoms with Gasteiger partial charge in [0.05, 0.1) is 16.8 Å².